The number of benzene rings is 2. The van der Waals surface area contributed by atoms with E-state index in [-0.39, 0.29) is 35.8 Å². The van der Waals surface area contributed by atoms with Gasteiger partial charge in [0.15, 0.2) is 5.96 Å². The Balaban J connectivity index is 0.00000300. The Morgan fingerprint density at radius 2 is 1.79 bits per heavy atom. The Labute approximate surface area is 189 Å². The molecule has 29 heavy (non-hydrogen) atoms. The second-order valence-corrected chi connectivity index (χ2v) is 6.80. The Hall–Kier alpha value is -2.13. The minimum Gasteiger partial charge on any atom is -0.378 e. The number of guanidine groups is 1. The fourth-order valence-corrected chi connectivity index (χ4v) is 3.22. The van der Waals surface area contributed by atoms with Gasteiger partial charge in [0.1, 0.15) is 0 Å². The Morgan fingerprint density at radius 3 is 2.41 bits per heavy atom. The molecule has 0 bridgehead atoms. The molecule has 1 fully saturated rings. The van der Waals surface area contributed by atoms with Crippen molar-refractivity contribution < 1.29 is 9.53 Å². The van der Waals surface area contributed by atoms with Gasteiger partial charge in [-0.05, 0) is 29.7 Å². The van der Waals surface area contributed by atoms with E-state index in [1.54, 1.807) is 0 Å². The third-order valence-corrected chi connectivity index (χ3v) is 4.90. The lowest BCUT2D eigenvalue weighted by Gasteiger charge is -2.30. The van der Waals surface area contributed by atoms with Crippen molar-refractivity contribution in [3.8, 4) is 0 Å². The lowest BCUT2D eigenvalue weighted by atomic mass is 9.97. The molecule has 0 aliphatic carbocycles. The Bertz CT molecular complexity index is 790. The van der Waals surface area contributed by atoms with E-state index < -0.39 is 0 Å². The third kappa shape index (κ3) is 6.71. The fourth-order valence-electron chi connectivity index (χ4n) is 3.22. The van der Waals surface area contributed by atoms with Crippen molar-refractivity contribution in [3.63, 3.8) is 0 Å². The van der Waals surface area contributed by atoms with Crippen LogP contribution in [-0.2, 0) is 16.0 Å². The zero-order chi connectivity index (χ0) is 19.8. The van der Waals surface area contributed by atoms with Crippen molar-refractivity contribution in [2.24, 2.45) is 10.7 Å². The van der Waals surface area contributed by atoms with Gasteiger partial charge in [-0.1, -0.05) is 49.4 Å². The van der Waals surface area contributed by atoms with Crippen LogP contribution in [0.2, 0.25) is 0 Å². The molecule has 6 nitrogen and oxygen atoms in total. The zero-order valence-corrected chi connectivity index (χ0v) is 19.0. The van der Waals surface area contributed by atoms with Crippen LogP contribution >= 0.6 is 24.0 Å². The van der Waals surface area contributed by atoms with Gasteiger partial charge in [0, 0.05) is 18.8 Å². The number of carbonyl (C=O) groups excluding carboxylic acids is 1. The summed E-state index contributed by atoms with van der Waals surface area (Å²) in [7, 11) is 0. The smallest absolute Gasteiger partial charge is 0.232 e. The molecule has 3 rings (SSSR count). The maximum Gasteiger partial charge on any atom is 0.232 e. The summed E-state index contributed by atoms with van der Waals surface area (Å²) < 4.78 is 5.36. The summed E-state index contributed by atoms with van der Waals surface area (Å²) in [5, 5.41) is 3.10. The first-order valence-electron chi connectivity index (χ1n) is 9.74. The molecule has 1 amide bonds. The Kier molecular flexibility index (Phi) is 9.40. The lowest BCUT2D eigenvalue weighted by molar-refractivity contribution is -0.136. The molecule has 2 aromatic carbocycles. The SMILES string of the molecule is CCc1ccc(NC(N)=NCC(C(=O)N2CCOCC2)c2ccccc2)cc1.I. The Morgan fingerprint density at radius 1 is 1.14 bits per heavy atom. The highest BCUT2D eigenvalue weighted by Gasteiger charge is 2.27. The molecule has 2 aromatic rings. The van der Waals surface area contributed by atoms with Crippen molar-refractivity contribution in [1.29, 1.82) is 0 Å². The molecule has 0 saturated carbocycles. The molecule has 0 radical (unpaired) electrons. The number of halogens is 1. The van der Waals surface area contributed by atoms with Crippen LogP contribution in [0.4, 0.5) is 5.69 Å². The molecule has 1 saturated heterocycles. The first kappa shape index (κ1) is 23.2. The number of rotatable bonds is 6. The van der Waals surface area contributed by atoms with Gasteiger partial charge in [-0.3, -0.25) is 9.79 Å². The maximum atomic E-state index is 13.1. The van der Waals surface area contributed by atoms with E-state index in [1.807, 2.05) is 47.4 Å². The summed E-state index contributed by atoms with van der Waals surface area (Å²) in [5.74, 6) is 0.0143. The predicted octanol–water partition coefficient (Wildman–Crippen LogP) is 3.24. The fraction of sp³-hybridized carbons (Fsp3) is 0.364. The lowest BCUT2D eigenvalue weighted by Crippen LogP contribution is -2.43. The molecule has 3 N–H and O–H groups in total. The van der Waals surface area contributed by atoms with Crippen molar-refractivity contribution in [2.75, 3.05) is 38.2 Å². The van der Waals surface area contributed by atoms with Crippen LogP contribution in [0.1, 0.15) is 24.0 Å². The van der Waals surface area contributed by atoms with Gasteiger partial charge in [-0.25, -0.2) is 0 Å². The van der Waals surface area contributed by atoms with Crippen LogP contribution in [0.3, 0.4) is 0 Å². The summed E-state index contributed by atoms with van der Waals surface area (Å²) in [4.78, 5) is 19.4. The monoisotopic (exact) mass is 508 g/mol. The van der Waals surface area contributed by atoms with Crippen LogP contribution in [0, 0.1) is 0 Å². The molecule has 1 atom stereocenters. The molecule has 1 heterocycles. The number of nitrogens with two attached hydrogens (primary N) is 1. The summed E-state index contributed by atoms with van der Waals surface area (Å²) in [6.07, 6.45) is 0.992. The number of amides is 1. The molecular weight excluding hydrogens is 479 g/mol. The van der Waals surface area contributed by atoms with E-state index in [0.29, 0.717) is 38.8 Å². The minimum atomic E-state index is -0.359. The summed E-state index contributed by atoms with van der Waals surface area (Å²) in [5.41, 5.74) is 9.17. The van der Waals surface area contributed by atoms with E-state index in [1.165, 1.54) is 5.56 Å². The summed E-state index contributed by atoms with van der Waals surface area (Å²) in [6, 6.07) is 17.8. The van der Waals surface area contributed by atoms with Gasteiger partial charge in [0.25, 0.3) is 0 Å². The van der Waals surface area contributed by atoms with E-state index in [4.69, 9.17) is 10.5 Å². The topological polar surface area (TPSA) is 79.9 Å². The van der Waals surface area contributed by atoms with Gasteiger partial charge < -0.3 is 20.7 Å². The molecule has 1 unspecified atom stereocenters. The van der Waals surface area contributed by atoms with Gasteiger partial charge in [0.2, 0.25) is 5.91 Å². The van der Waals surface area contributed by atoms with E-state index in [9.17, 15) is 4.79 Å². The maximum absolute atomic E-state index is 13.1. The highest BCUT2D eigenvalue weighted by atomic mass is 127. The number of nitrogens with one attached hydrogen (secondary N) is 1. The first-order valence-corrected chi connectivity index (χ1v) is 9.74. The van der Waals surface area contributed by atoms with Crippen LogP contribution in [-0.4, -0.2) is 49.6 Å². The molecule has 1 aliphatic heterocycles. The van der Waals surface area contributed by atoms with Gasteiger partial charge in [0.05, 0.1) is 25.7 Å². The van der Waals surface area contributed by atoms with E-state index in [0.717, 1.165) is 17.7 Å². The molecule has 1 aliphatic rings. The number of morpholine rings is 1. The van der Waals surface area contributed by atoms with Crippen molar-refractivity contribution in [1.82, 2.24) is 4.90 Å². The van der Waals surface area contributed by atoms with Crippen LogP contribution in [0.25, 0.3) is 0 Å². The summed E-state index contributed by atoms with van der Waals surface area (Å²) >= 11 is 0. The summed E-state index contributed by atoms with van der Waals surface area (Å²) in [6.45, 7) is 4.80. The van der Waals surface area contributed by atoms with Crippen molar-refractivity contribution in [3.05, 3.63) is 65.7 Å². The van der Waals surface area contributed by atoms with Crippen LogP contribution in [0.5, 0.6) is 0 Å². The number of anilines is 1. The van der Waals surface area contributed by atoms with E-state index in [2.05, 4.69) is 29.4 Å². The quantitative estimate of drug-likeness (QED) is 0.357. The second kappa shape index (κ2) is 11.8. The largest absolute Gasteiger partial charge is 0.378 e. The first-order chi connectivity index (χ1) is 13.7. The van der Waals surface area contributed by atoms with Crippen molar-refractivity contribution in [2.45, 2.75) is 19.3 Å². The number of hydrogen-bond donors (Lipinski definition) is 2. The zero-order valence-electron chi connectivity index (χ0n) is 16.7. The number of ether oxygens (including phenoxy) is 1. The van der Waals surface area contributed by atoms with Crippen LogP contribution < -0.4 is 11.1 Å². The van der Waals surface area contributed by atoms with Crippen molar-refractivity contribution >= 4 is 41.5 Å². The van der Waals surface area contributed by atoms with Gasteiger partial charge >= 0.3 is 0 Å². The molecule has 0 aromatic heterocycles. The highest BCUT2D eigenvalue weighted by molar-refractivity contribution is 14.0. The average molecular weight is 508 g/mol. The number of nitrogens with zero attached hydrogens (tertiary/aromatic N) is 2. The molecule has 0 spiro atoms. The normalized spacial score (nSPS) is 15.3. The predicted molar refractivity (Wildman–Crippen MR) is 128 cm³/mol. The standard InChI is InChI=1S/C22H28N4O2.HI/c1-2-17-8-10-19(11-9-17)25-22(23)24-16-20(18-6-4-3-5-7-18)21(27)26-12-14-28-15-13-26;/h3-11,20H,2,12-16H2,1H3,(H3,23,24,25);1H. The number of aliphatic imine (C=N–C) groups is 1. The third-order valence-electron chi connectivity index (χ3n) is 4.90. The van der Waals surface area contributed by atoms with E-state index >= 15 is 0 Å². The number of hydrogen-bond acceptors (Lipinski definition) is 3. The molecule has 7 heteroatoms. The second-order valence-electron chi connectivity index (χ2n) is 6.80. The number of carbonyl (C=O) groups is 1. The average Bonchev–Trinajstić information content (AvgIpc) is 2.75. The van der Waals surface area contributed by atoms with Gasteiger partial charge in [-0.2, -0.15) is 0 Å². The molecule has 156 valence electrons. The minimum absolute atomic E-state index is 0. The van der Waals surface area contributed by atoms with Crippen LogP contribution in [0.15, 0.2) is 59.6 Å². The number of aryl methyl sites for hydroxylation is 1. The van der Waals surface area contributed by atoms with Gasteiger partial charge in [-0.15, -0.1) is 24.0 Å². The molecular formula is C22H29IN4O2. The highest BCUT2D eigenvalue weighted by Crippen LogP contribution is 2.20.